The predicted molar refractivity (Wildman–Crippen MR) is 72.0 cm³/mol. The van der Waals surface area contributed by atoms with Crippen molar-refractivity contribution in [1.29, 1.82) is 0 Å². The van der Waals surface area contributed by atoms with Crippen LogP contribution < -0.4 is 0 Å². The van der Waals surface area contributed by atoms with Crippen LogP contribution in [0.3, 0.4) is 0 Å². The summed E-state index contributed by atoms with van der Waals surface area (Å²) in [5.41, 5.74) is 0.868. The van der Waals surface area contributed by atoms with Crippen LogP contribution in [0.15, 0.2) is 5.38 Å². The number of aryl methyl sites for hydroxylation is 1. The number of ketones is 1. The molecule has 0 saturated carbocycles. The van der Waals surface area contributed by atoms with Crippen LogP contribution in [-0.2, 0) is 16.0 Å². The predicted octanol–water partition coefficient (Wildman–Crippen LogP) is 1.67. The van der Waals surface area contributed by atoms with Gasteiger partial charge >= 0.3 is 0 Å². The number of rotatable bonds is 4. The number of thiazole rings is 1. The van der Waals surface area contributed by atoms with E-state index in [1.165, 1.54) is 0 Å². The Bertz CT molecular complexity index is 417. The van der Waals surface area contributed by atoms with Crippen LogP contribution in [0.2, 0.25) is 0 Å². The standard InChI is InChI=1S/C13H20N2O2S/c1-9(2)15-4-5-17-13(7-15)12(16)6-11-8-18-10(3)14-11/h8-9,13H,4-7H2,1-3H3. The molecule has 1 atom stereocenters. The summed E-state index contributed by atoms with van der Waals surface area (Å²) in [6.45, 7) is 8.52. The molecule has 0 spiro atoms. The summed E-state index contributed by atoms with van der Waals surface area (Å²) in [5, 5.41) is 2.96. The zero-order chi connectivity index (χ0) is 13.1. The third kappa shape index (κ3) is 3.37. The molecule has 1 saturated heterocycles. The lowest BCUT2D eigenvalue weighted by atomic mass is 10.1. The molecule has 1 aromatic heterocycles. The number of hydrogen-bond donors (Lipinski definition) is 0. The number of Topliss-reactive ketones (excluding diaryl/α,β-unsaturated/α-hetero) is 1. The third-order valence-electron chi connectivity index (χ3n) is 3.21. The Hall–Kier alpha value is -0.780. The Kier molecular flexibility index (Phi) is 4.48. The second kappa shape index (κ2) is 5.91. The minimum absolute atomic E-state index is 0.144. The lowest BCUT2D eigenvalue weighted by Gasteiger charge is -2.34. The molecule has 1 aromatic rings. The van der Waals surface area contributed by atoms with Gasteiger partial charge in [0.25, 0.3) is 0 Å². The molecule has 0 amide bonds. The molecule has 0 radical (unpaired) electrons. The molecule has 1 aliphatic rings. The van der Waals surface area contributed by atoms with Crippen LogP contribution in [0, 0.1) is 6.92 Å². The zero-order valence-electron chi connectivity index (χ0n) is 11.2. The van der Waals surface area contributed by atoms with E-state index in [1.54, 1.807) is 11.3 Å². The Morgan fingerprint density at radius 2 is 2.44 bits per heavy atom. The van der Waals surface area contributed by atoms with Crippen LogP contribution in [-0.4, -0.2) is 47.5 Å². The lowest BCUT2D eigenvalue weighted by molar-refractivity contribution is -0.136. The van der Waals surface area contributed by atoms with Crippen molar-refractivity contribution in [1.82, 2.24) is 9.88 Å². The fourth-order valence-corrected chi connectivity index (χ4v) is 2.73. The quantitative estimate of drug-likeness (QED) is 0.833. The van der Waals surface area contributed by atoms with Gasteiger partial charge in [0, 0.05) is 24.5 Å². The first-order chi connectivity index (χ1) is 8.56. The maximum absolute atomic E-state index is 12.2. The molecule has 0 bridgehead atoms. The minimum Gasteiger partial charge on any atom is -0.368 e. The summed E-state index contributed by atoms with van der Waals surface area (Å²) in [6, 6.07) is 0.464. The van der Waals surface area contributed by atoms with Crippen molar-refractivity contribution in [2.45, 2.75) is 39.3 Å². The van der Waals surface area contributed by atoms with Gasteiger partial charge in [0.1, 0.15) is 6.10 Å². The molecular formula is C13H20N2O2S. The van der Waals surface area contributed by atoms with E-state index in [2.05, 4.69) is 23.7 Å². The van der Waals surface area contributed by atoms with E-state index in [1.807, 2.05) is 12.3 Å². The first kappa shape index (κ1) is 13.6. The molecule has 0 aromatic carbocycles. The first-order valence-electron chi connectivity index (χ1n) is 6.35. The first-order valence-corrected chi connectivity index (χ1v) is 7.23. The van der Waals surface area contributed by atoms with Gasteiger partial charge in [-0.3, -0.25) is 9.69 Å². The molecule has 0 aliphatic carbocycles. The third-order valence-corrected chi connectivity index (χ3v) is 4.03. The maximum Gasteiger partial charge on any atom is 0.168 e. The number of ether oxygens (including phenoxy) is 1. The van der Waals surface area contributed by atoms with Gasteiger partial charge in [-0.25, -0.2) is 4.98 Å². The average Bonchev–Trinajstić information content (AvgIpc) is 2.75. The van der Waals surface area contributed by atoms with E-state index >= 15 is 0 Å². The summed E-state index contributed by atoms with van der Waals surface area (Å²) in [4.78, 5) is 18.8. The van der Waals surface area contributed by atoms with Crippen molar-refractivity contribution in [3.8, 4) is 0 Å². The highest BCUT2D eigenvalue weighted by Crippen LogP contribution is 2.13. The van der Waals surface area contributed by atoms with Crippen LogP contribution in [0.1, 0.15) is 24.5 Å². The molecule has 2 rings (SSSR count). The second-order valence-corrected chi connectivity index (χ2v) is 6.01. The van der Waals surface area contributed by atoms with Crippen molar-refractivity contribution in [3.05, 3.63) is 16.1 Å². The van der Waals surface area contributed by atoms with Crippen LogP contribution in [0.5, 0.6) is 0 Å². The van der Waals surface area contributed by atoms with Gasteiger partial charge in [0.05, 0.1) is 23.7 Å². The molecular weight excluding hydrogens is 248 g/mol. The van der Waals surface area contributed by atoms with Crippen LogP contribution >= 0.6 is 11.3 Å². The highest BCUT2D eigenvalue weighted by molar-refractivity contribution is 7.09. The van der Waals surface area contributed by atoms with Crippen molar-refractivity contribution < 1.29 is 9.53 Å². The average molecular weight is 268 g/mol. The van der Waals surface area contributed by atoms with Crippen molar-refractivity contribution in [2.24, 2.45) is 0 Å². The number of nitrogens with zero attached hydrogens (tertiary/aromatic N) is 2. The van der Waals surface area contributed by atoms with E-state index in [0.717, 1.165) is 17.2 Å². The molecule has 100 valence electrons. The second-order valence-electron chi connectivity index (χ2n) is 4.95. The number of carbonyl (C=O) groups excluding carboxylic acids is 1. The minimum atomic E-state index is -0.289. The molecule has 2 heterocycles. The van der Waals surface area contributed by atoms with Gasteiger partial charge in [0.2, 0.25) is 0 Å². The summed E-state index contributed by atoms with van der Waals surface area (Å²) in [5.74, 6) is 0.144. The smallest absolute Gasteiger partial charge is 0.168 e. The Morgan fingerprint density at radius 3 is 3.06 bits per heavy atom. The molecule has 1 unspecified atom stereocenters. The Labute approximate surface area is 112 Å². The molecule has 5 heteroatoms. The fourth-order valence-electron chi connectivity index (χ4n) is 2.11. The van der Waals surface area contributed by atoms with E-state index in [9.17, 15) is 4.79 Å². The molecule has 0 N–H and O–H groups in total. The number of hydrogen-bond acceptors (Lipinski definition) is 5. The number of aromatic nitrogens is 1. The zero-order valence-corrected chi connectivity index (χ0v) is 12.0. The topological polar surface area (TPSA) is 42.4 Å². The monoisotopic (exact) mass is 268 g/mol. The molecule has 4 nitrogen and oxygen atoms in total. The van der Waals surface area contributed by atoms with E-state index in [-0.39, 0.29) is 11.9 Å². The van der Waals surface area contributed by atoms with Gasteiger partial charge in [-0.15, -0.1) is 11.3 Å². The summed E-state index contributed by atoms with van der Waals surface area (Å²) in [6.07, 6.45) is 0.101. The largest absolute Gasteiger partial charge is 0.368 e. The number of carbonyl (C=O) groups is 1. The van der Waals surface area contributed by atoms with Gasteiger partial charge in [-0.2, -0.15) is 0 Å². The van der Waals surface area contributed by atoms with Crippen molar-refractivity contribution >= 4 is 17.1 Å². The van der Waals surface area contributed by atoms with E-state index < -0.39 is 0 Å². The highest BCUT2D eigenvalue weighted by Gasteiger charge is 2.27. The van der Waals surface area contributed by atoms with Crippen molar-refractivity contribution in [2.75, 3.05) is 19.7 Å². The number of morpholine rings is 1. The van der Waals surface area contributed by atoms with Gasteiger partial charge < -0.3 is 4.74 Å². The van der Waals surface area contributed by atoms with Gasteiger partial charge in [-0.1, -0.05) is 0 Å². The summed E-state index contributed by atoms with van der Waals surface area (Å²) >= 11 is 1.58. The maximum atomic E-state index is 12.2. The van der Waals surface area contributed by atoms with Crippen molar-refractivity contribution in [3.63, 3.8) is 0 Å². The lowest BCUT2D eigenvalue weighted by Crippen LogP contribution is -2.49. The van der Waals surface area contributed by atoms with E-state index in [4.69, 9.17) is 4.74 Å². The SMILES string of the molecule is Cc1nc(CC(=O)C2CN(C(C)C)CCO2)cs1. The van der Waals surface area contributed by atoms with E-state index in [0.29, 0.717) is 25.6 Å². The normalized spacial score (nSPS) is 21.4. The fraction of sp³-hybridized carbons (Fsp3) is 0.692. The van der Waals surface area contributed by atoms with Crippen LogP contribution in [0.4, 0.5) is 0 Å². The van der Waals surface area contributed by atoms with Crippen LogP contribution in [0.25, 0.3) is 0 Å². The highest BCUT2D eigenvalue weighted by atomic mass is 32.1. The van der Waals surface area contributed by atoms with Gasteiger partial charge in [-0.05, 0) is 20.8 Å². The summed E-state index contributed by atoms with van der Waals surface area (Å²) in [7, 11) is 0. The molecule has 1 fully saturated rings. The molecule has 1 aliphatic heterocycles. The molecule has 18 heavy (non-hydrogen) atoms. The Balaban J connectivity index is 1.92. The van der Waals surface area contributed by atoms with Gasteiger partial charge in [0.15, 0.2) is 5.78 Å². The summed E-state index contributed by atoms with van der Waals surface area (Å²) < 4.78 is 5.58. The Morgan fingerprint density at radius 1 is 1.67 bits per heavy atom.